The monoisotopic (exact) mass is 270 g/mol. The van der Waals surface area contributed by atoms with Crippen LogP contribution in [0.2, 0.25) is 0 Å². The summed E-state index contributed by atoms with van der Waals surface area (Å²) in [5.74, 6) is 0.863. The van der Waals surface area contributed by atoms with Gasteiger partial charge in [-0.3, -0.25) is 0 Å². The number of aryl methyl sites for hydroxylation is 1. The number of carbonyl (C=O) groups is 1. The fraction of sp³-hybridized carbons (Fsp3) is 0.312. The third kappa shape index (κ3) is 2.41. The topological polar surface area (TPSA) is 45.5 Å². The molecule has 2 heterocycles. The number of likely N-dealkylation sites (tertiary alicyclic amines) is 1. The summed E-state index contributed by atoms with van der Waals surface area (Å²) < 4.78 is 5.45. The number of nitrogens with one attached hydrogen (secondary N) is 1. The van der Waals surface area contributed by atoms with Gasteiger partial charge in [0.1, 0.15) is 5.76 Å². The smallest absolute Gasteiger partial charge is 0.322 e. The molecule has 0 aliphatic carbocycles. The van der Waals surface area contributed by atoms with Crippen LogP contribution in [0.4, 0.5) is 10.5 Å². The third-order valence-electron chi connectivity index (χ3n) is 3.77. The minimum atomic E-state index is -0.0572. The first-order valence-corrected chi connectivity index (χ1v) is 6.92. The number of hydrogen-bond acceptors (Lipinski definition) is 2. The molecule has 3 rings (SSSR count). The number of rotatable bonds is 2. The van der Waals surface area contributed by atoms with Gasteiger partial charge in [-0.15, -0.1) is 0 Å². The van der Waals surface area contributed by atoms with Crippen LogP contribution in [0, 0.1) is 6.92 Å². The van der Waals surface area contributed by atoms with Crippen molar-refractivity contribution >= 4 is 11.7 Å². The van der Waals surface area contributed by atoms with Gasteiger partial charge in [-0.25, -0.2) is 4.79 Å². The molecule has 1 aromatic carbocycles. The van der Waals surface area contributed by atoms with Crippen LogP contribution < -0.4 is 5.32 Å². The van der Waals surface area contributed by atoms with Crippen molar-refractivity contribution in [1.82, 2.24) is 4.90 Å². The Balaban J connectivity index is 1.75. The van der Waals surface area contributed by atoms with Crippen molar-refractivity contribution in [2.75, 3.05) is 11.9 Å². The van der Waals surface area contributed by atoms with Gasteiger partial charge in [0.2, 0.25) is 0 Å². The normalized spacial score (nSPS) is 18.2. The number of anilines is 1. The van der Waals surface area contributed by atoms with Crippen LogP contribution >= 0.6 is 0 Å². The Hall–Kier alpha value is -2.23. The molecule has 1 aliphatic heterocycles. The standard InChI is InChI=1S/C16H18N2O2/c1-12-6-2-3-7-13(12)17-16(19)18-10-4-8-14(18)15-9-5-11-20-15/h2-3,5-7,9,11,14H,4,8,10H2,1H3,(H,17,19)/t14-/m0/s1. The fourth-order valence-electron chi connectivity index (χ4n) is 2.69. The molecule has 1 atom stereocenters. The molecule has 4 heteroatoms. The molecule has 1 N–H and O–H groups in total. The van der Waals surface area contributed by atoms with Crippen molar-refractivity contribution in [3.05, 3.63) is 54.0 Å². The molecule has 104 valence electrons. The Morgan fingerprint density at radius 3 is 2.90 bits per heavy atom. The van der Waals surface area contributed by atoms with E-state index in [1.54, 1.807) is 6.26 Å². The van der Waals surface area contributed by atoms with Crippen LogP contribution in [-0.2, 0) is 0 Å². The van der Waals surface area contributed by atoms with Crippen molar-refractivity contribution in [3.8, 4) is 0 Å². The lowest BCUT2D eigenvalue weighted by Gasteiger charge is -2.23. The predicted octanol–water partition coefficient (Wildman–Crippen LogP) is 3.96. The number of carbonyl (C=O) groups excluding carboxylic acids is 1. The van der Waals surface area contributed by atoms with E-state index >= 15 is 0 Å². The second-order valence-electron chi connectivity index (χ2n) is 5.11. The third-order valence-corrected chi connectivity index (χ3v) is 3.77. The van der Waals surface area contributed by atoms with Crippen LogP contribution in [0.5, 0.6) is 0 Å². The molecule has 1 aliphatic rings. The molecule has 1 fully saturated rings. The molecule has 1 aromatic heterocycles. The largest absolute Gasteiger partial charge is 0.467 e. The van der Waals surface area contributed by atoms with E-state index in [1.807, 2.05) is 48.2 Å². The van der Waals surface area contributed by atoms with Gasteiger partial charge < -0.3 is 14.6 Å². The van der Waals surface area contributed by atoms with Crippen molar-refractivity contribution in [3.63, 3.8) is 0 Å². The first kappa shape index (κ1) is 12.8. The van der Waals surface area contributed by atoms with E-state index in [2.05, 4.69) is 5.32 Å². The lowest BCUT2D eigenvalue weighted by Crippen LogP contribution is -2.34. The minimum Gasteiger partial charge on any atom is -0.467 e. The van der Waals surface area contributed by atoms with Crippen LogP contribution in [0.25, 0.3) is 0 Å². The number of urea groups is 1. The summed E-state index contributed by atoms with van der Waals surface area (Å²) in [5, 5.41) is 2.99. The molecule has 0 unspecified atom stereocenters. The highest BCUT2D eigenvalue weighted by atomic mass is 16.3. The van der Waals surface area contributed by atoms with Crippen LogP contribution in [0.3, 0.4) is 0 Å². The Bertz CT molecular complexity index is 592. The zero-order valence-corrected chi connectivity index (χ0v) is 11.5. The van der Waals surface area contributed by atoms with Gasteiger partial charge in [-0.05, 0) is 43.5 Å². The highest BCUT2D eigenvalue weighted by Gasteiger charge is 2.31. The number of benzene rings is 1. The van der Waals surface area contributed by atoms with Gasteiger partial charge in [0, 0.05) is 12.2 Å². The van der Waals surface area contributed by atoms with E-state index in [0.29, 0.717) is 0 Å². The van der Waals surface area contributed by atoms with Crippen molar-refractivity contribution in [2.24, 2.45) is 0 Å². The first-order valence-electron chi connectivity index (χ1n) is 6.92. The molecule has 0 radical (unpaired) electrons. The Kier molecular flexibility index (Phi) is 3.46. The molecule has 1 saturated heterocycles. The van der Waals surface area contributed by atoms with Gasteiger partial charge in [0.15, 0.2) is 0 Å². The summed E-state index contributed by atoms with van der Waals surface area (Å²) in [6.07, 6.45) is 3.62. The number of amides is 2. The quantitative estimate of drug-likeness (QED) is 0.897. The maximum atomic E-state index is 12.4. The molecule has 4 nitrogen and oxygen atoms in total. The molecular weight excluding hydrogens is 252 g/mol. The number of nitrogens with zero attached hydrogens (tertiary/aromatic N) is 1. The molecular formula is C16H18N2O2. The Labute approximate surface area is 118 Å². The van der Waals surface area contributed by atoms with E-state index < -0.39 is 0 Å². The van der Waals surface area contributed by atoms with Gasteiger partial charge in [0.25, 0.3) is 0 Å². The maximum Gasteiger partial charge on any atom is 0.322 e. The van der Waals surface area contributed by atoms with Crippen LogP contribution in [0.15, 0.2) is 47.1 Å². The van der Waals surface area contributed by atoms with Gasteiger partial charge >= 0.3 is 6.03 Å². The molecule has 2 aromatic rings. The Morgan fingerprint density at radius 2 is 2.15 bits per heavy atom. The number of hydrogen-bond donors (Lipinski definition) is 1. The lowest BCUT2D eigenvalue weighted by atomic mass is 10.1. The number of furan rings is 1. The lowest BCUT2D eigenvalue weighted by molar-refractivity contribution is 0.200. The van der Waals surface area contributed by atoms with E-state index in [1.165, 1.54) is 0 Å². The maximum absolute atomic E-state index is 12.4. The second-order valence-corrected chi connectivity index (χ2v) is 5.11. The summed E-state index contributed by atoms with van der Waals surface area (Å²) >= 11 is 0. The average Bonchev–Trinajstić information content (AvgIpc) is 3.11. The van der Waals surface area contributed by atoms with Gasteiger partial charge in [-0.2, -0.15) is 0 Å². The fourth-order valence-corrected chi connectivity index (χ4v) is 2.69. The van der Waals surface area contributed by atoms with Crippen LogP contribution in [0.1, 0.15) is 30.2 Å². The van der Waals surface area contributed by atoms with Crippen molar-refractivity contribution in [1.29, 1.82) is 0 Å². The molecule has 2 amide bonds. The predicted molar refractivity (Wildman–Crippen MR) is 77.6 cm³/mol. The van der Waals surface area contributed by atoms with E-state index in [9.17, 15) is 4.79 Å². The van der Waals surface area contributed by atoms with E-state index in [0.717, 1.165) is 36.4 Å². The Morgan fingerprint density at radius 1 is 1.30 bits per heavy atom. The molecule has 0 bridgehead atoms. The van der Waals surface area contributed by atoms with E-state index in [4.69, 9.17) is 4.42 Å². The summed E-state index contributed by atoms with van der Waals surface area (Å²) in [7, 11) is 0. The average molecular weight is 270 g/mol. The van der Waals surface area contributed by atoms with Gasteiger partial charge in [-0.1, -0.05) is 18.2 Å². The zero-order chi connectivity index (χ0) is 13.9. The summed E-state index contributed by atoms with van der Waals surface area (Å²) in [6.45, 7) is 2.76. The molecule has 0 saturated carbocycles. The summed E-state index contributed by atoms with van der Waals surface area (Å²) in [4.78, 5) is 14.3. The highest BCUT2D eigenvalue weighted by molar-refractivity contribution is 5.90. The minimum absolute atomic E-state index is 0.0500. The van der Waals surface area contributed by atoms with Crippen molar-refractivity contribution in [2.45, 2.75) is 25.8 Å². The molecule has 20 heavy (non-hydrogen) atoms. The second kappa shape index (κ2) is 5.41. The number of para-hydroxylation sites is 1. The summed E-state index contributed by atoms with van der Waals surface area (Å²) in [5.41, 5.74) is 1.93. The zero-order valence-electron chi connectivity index (χ0n) is 11.5. The molecule has 0 spiro atoms. The van der Waals surface area contributed by atoms with Gasteiger partial charge in [0.05, 0.1) is 12.3 Å². The van der Waals surface area contributed by atoms with E-state index in [-0.39, 0.29) is 12.1 Å². The first-order chi connectivity index (χ1) is 9.75. The van der Waals surface area contributed by atoms with Crippen molar-refractivity contribution < 1.29 is 9.21 Å². The highest BCUT2D eigenvalue weighted by Crippen LogP contribution is 2.32. The SMILES string of the molecule is Cc1ccccc1NC(=O)N1CCC[C@H]1c1ccco1. The van der Waals surface area contributed by atoms with Crippen LogP contribution in [-0.4, -0.2) is 17.5 Å². The summed E-state index contributed by atoms with van der Waals surface area (Å²) in [6, 6.07) is 11.6.